The standard InChI is InChI=1S/C18H16N2O/c1-13-8-9-15(12-14(13)2)17-10-11-18(21)20(19-17)16-6-4-3-5-7-16/h3-12H,1-2H3. The highest BCUT2D eigenvalue weighted by Gasteiger charge is 2.06. The van der Waals surface area contributed by atoms with Gasteiger partial charge in [0.15, 0.2) is 0 Å². The van der Waals surface area contributed by atoms with Gasteiger partial charge in [-0.1, -0.05) is 30.3 Å². The lowest BCUT2D eigenvalue weighted by Crippen LogP contribution is -2.20. The maximum atomic E-state index is 12.0. The van der Waals surface area contributed by atoms with Gasteiger partial charge >= 0.3 is 0 Å². The molecule has 0 atom stereocenters. The Balaban J connectivity index is 2.13. The molecule has 1 aromatic heterocycles. The molecule has 2 aromatic carbocycles. The van der Waals surface area contributed by atoms with E-state index in [1.54, 1.807) is 12.1 Å². The second kappa shape index (κ2) is 5.37. The first kappa shape index (κ1) is 13.3. The third kappa shape index (κ3) is 2.63. The van der Waals surface area contributed by atoms with E-state index in [0.29, 0.717) is 0 Å². The Morgan fingerprint density at radius 1 is 0.857 bits per heavy atom. The predicted molar refractivity (Wildman–Crippen MR) is 84.7 cm³/mol. The highest BCUT2D eigenvalue weighted by Crippen LogP contribution is 2.19. The van der Waals surface area contributed by atoms with Gasteiger partial charge in [-0.25, -0.2) is 0 Å². The van der Waals surface area contributed by atoms with Crippen molar-refractivity contribution in [2.45, 2.75) is 13.8 Å². The van der Waals surface area contributed by atoms with Gasteiger partial charge in [-0.05, 0) is 49.2 Å². The average molecular weight is 276 g/mol. The summed E-state index contributed by atoms with van der Waals surface area (Å²) in [4.78, 5) is 12.0. The summed E-state index contributed by atoms with van der Waals surface area (Å²) in [7, 11) is 0. The van der Waals surface area contributed by atoms with Crippen LogP contribution in [0, 0.1) is 13.8 Å². The van der Waals surface area contributed by atoms with E-state index in [1.807, 2.05) is 36.4 Å². The van der Waals surface area contributed by atoms with Gasteiger partial charge < -0.3 is 0 Å². The van der Waals surface area contributed by atoms with Crippen molar-refractivity contribution in [1.29, 1.82) is 0 Å². The number of rotatable bonds is 2. The minimum atomic E-state index is -0.131. The van der Waals surface area contributed by atoms with Gasteiger partial charge in [-0.3, -0.25) is 4.79 Å². The molecule has 0 aliphatic carbocycles. The van der Waals surface area contributed by atoms with Gasteiger partial charge in [0.25, 0.3) is 5.56 Å². The Morgan fingerprint density at radius 2 is 1.62 bits per heavy atom. The molecule has 104 valence electrons. The second-order valence-electron chi connectivity index (χ2n) is 5.10. The van der Waals surface area contributed by atoms with Crippen molar-refractivity contribution in [3.63, 3.8) is 0 Å². The van der Waals surface area contributed by atoms with Crippen molar-refractivity contribution >= 4 is 0 Å². The molecule has 0 fully saturated rings. The highest BCUT2D eigenvalue weighted by atomic mass is 16.1. The first-order chi connectivity index (χ1) is 10.1. The summed E-state index contributed by atoms with van der Waals surface area (Å²) in [5.41, 5.74) is 4.91. The summed E-state index contributed by atoms with van der Waals surface area (Å²) in [6.45, 7) is 4.16. The smallest absolute Gasteiger partial charge is 0.267 e. The van der Waals surface area contributed by atoms with E-state index in [0.717, 1.165) is 16.9 Å². The number of aromatic nitrogens is 2. The lowest BCUT2D eigenvalue weighted by atomic mass is 10.0. The van der Waals surface area contributed by atoms with Crippen LogP contribution < -0.4 is 5.56 Å². The summed E-state index contributed by atoms with van der Waals surface area (Å²) in [5, 5.41) is 4.49. The number of benzene rings is 2. The van der Waals surface area contributed by atoms with E-state index in [-0.39, 0.29) is 5.56 Å². The van der Waals surface area contributed by atoms with Crippen LogP contribution in [0.3, 0.4) is 0 Å². The quantitative estimate of drug-likeness (QED) is 0.718. The van der Waals surface area contributed by atoms with E-state index in [1.165, 1.54) is 15.8 Å². The Labute approximate surface area is 123 Å². The predicted octanol–water partition coefficient (Wildman–Crippen LogP) is 3.52. The Morgan fingerprint density at radius 3 is 2.33 bits per heavy atom. The Kier molecular flexibility index (Phi) is 3.40. The molecule has 3 rings (SSSR count). The maximum Gasteiger partial charge on any atom is 0.271 e. The van der Waals surface area contributed by atoms with E-state index in [2.05, 4.69) is 31.1 Å². The van der Waals surface area contributed by atoms with Crippen LogP contribution in [0.2, 0.25) is 0 Å². The molecule has 0 spiro atoms. The first-order valence-corrected chi connectivity index (χ1v) is 6.88. The van der Waals surface area contributed by atoms with Gasteiger partial charge in [0.1, 0.15) is 0 Å². The van der Waals surface area contributed by atoms with Crippen LogP contribution >= 0.6 is 0 Å². The molecule has 21 heavy (non-hydrogen) atoms. The lowest BCUT2D eigenvalue weighted by molar-refractivity contribution is 0.812. The third-order valence-electron chi connectivity index (χ3n) is 3.60. The zero-order chi connectivity index (χ0) is 14.8. The summed E-state index contributed by atoms with van der Waals surface area (Å²) < 4.78 is 1.44. The van der Waals surface area contributed by atoms with Gasteiger partial charge in [0, 0.05) is 11.6 Å². The van der Waals surface area contributed by atoms with Crippen molar-refractivity contribution in [3.05, 3.63) is 82.1 Å². The van der Waals surface area contributed by atoms with E-state index < -0.39 is 0 Å². The van der Waals surface area contributed by atoms with Crippen LogP contribution in [0.4, 0.5) is 0 Å². The van der Waals surface area contributed by atoms with E-state index in [9.17, 15) is 4.79 Å². The van der Waals surface area contributed by atoms with Crippen molar-refractivity contribution in [2.24, 2.45) is 0 Å². The molecule has 0 radical (unpaired) electrons. The monoisotopic (exact) mass is 276 g/mol. The SMILES string of the molecule is Cc1ccc(-c2ccc(=O)n(-c3ccccc3)n2)cc1C. The molecule has 0 bridgehead atoms. The number of aryl methyl sites for hydroxylation is 2. The molecule has 0 saturated heterocycles. The molecule has 0 amide bonds. The van der Waals surface area contributed by atoms with Crippen molar-refractivity contribution < 1.29 is 0 Å². The third-order valence-corrected chi connectivity index (χ3v) is 3.60. The molecule has 0 unspecified atom stereocenters. The number of para-hydroxylation sites is 1. The summed E-state index contributed by atoms with van der Waals surface area (Å²) in [5.74, 6) is 0. The highest BCUT2D eigenvalue weighted by molar-refractivity contribution is 5.60. The Hall–Kier alpha value is -2.68. The number of hydrogen-bond acceptors (Lipinski definition) is 2. The van der Waals surface area contributed by atoms with Crippen LogP contribution in [0.25, 0.3) is 16.9 Å². The fourth-order valence-corrected chi connectivity index (χ4v) is 2.22. The minimum absolute atomic E-state index is 0.131. The summed E-state index contributed by atoms with van der Waals surface area (Å²) >= 11 is 0. The molecule has 1 heterocycles. The van der Waals surface area contributed by atoms with Gasteiger partial charge in [-0.15, -0.1) is 0 Å². The van der Waals surface area contributed by atoms with Crippen LogP contribution in [-0.4, -0.2) is 9.78 Å². The van der Waals surface area contributed by atoms with Crippen molar-refractivity contribution in [1.82, 2.24) is 9.78 Å². The molecule has 3 heteroatoms. The molecular weight excluding hydrogens is 260 g/mol. The molecule has 0 N–H and O–H groups in total. The number of nitrogens with zero attached hydrogens (tertiary/aromatic N) is 2. The second-order valence-corrected chi connectivity index (χ2v) is 5.10. The van der Waals surface area contributed by atoms with Gasteiger partial charge in [-0.2, -0.15) is 9.78 Å². The molecular formula is C18H16N2O. The fraction of sp³-hybridized carbons (Fsp3) is 0.111. The number of hydrogen-bond donors (Lipinski definition) is 0. The fourth-order valence-electron chi connectivity index (χ4n) is 2.22. The molecule has 0 aliphatic rings. The maximum absolute atomic E-state index is 12.0. The zero-order valence-corrected chi connectivity index (χ0v) is 12.1. The largest absolute Gasteiger partial charge is 0.271 e. The van der Waals surface area contributed by atoms with Crippen LogP contribution in [0.1, 0.15) is 11.1 Å². The topological polar surface area (TPSA) is 34.9 Å². The van der Waals surface area contributed by atoms with Crippen molar-refractivity contribution in [3.8, 4) is 16.9 Å². The molecule has 0 aliphatic heterocycles. The van der Waals surface area contributed by atoms with E-state index in [4.69, 9.17) is 0 Å². The molecule has 0 saturated carbocycles. The first-order valence-electron chi connectivity index (χ1n) is 6.88. The summed E-state index contributed by atoms with van der Waals surface area (Å²) in [6.07, 6.45) is 0. The minimum Gasteiger partial charge on any atom is -0.267 e. The molecule has 3 aromatic rings. The van der Waals surface area contributed by atoms with Gasteiger partial charge in [0.05, 0.1) is 11.4 Å². The van der Waals surface area contributed by atoms with Crippen LogP contribution in [0.15, 0.2) is 65.5 Å². The lowest BCUT2D eigenvalue weighted by Gasteiger charge is -2.08. The van der Waals surface area contributed by atoms with Crippen molar-refractivity contribution in [2.75, 3.05) is 0 Å². The molecule has 3 nitrogen and oxygen atoms in total. The Bertz CT molecular complexity index is 835. The van der Waals surface area contributed by atoms with Gasteiger partial charge in [0.2, 0.25) is 0 Å². The normalized spacial score (nSPS) is 10.6. The zero-order valence-electron chi connectivity index (χ0n) is 12.1. The van der Waals surface area contributed by atoms with Crippen LogP contribution in [-0.2, 0) is 0 Å². The summed E-state index contributed by atoms with van der Waals surface area (Å²) in [6, 6.07) is 19.0. The van der Waals surface area contributed by atoms with Crippen LogP contribution in [0.5, 0.6) is 0 Å². The average Bonchev–Trinajstić information content (AvgIpc) is 2.51. The van der Waals surface area contributed by atoms with E-state index >= 15 is 0 Å².